The summed E-state index contributed by atoms with van der Waals surface area (Å²) in [5.41, 5.74) is 27.3. The van der Waals surface area contributed by atoms with Gasteiger partial charge in [0.15, 0.2) is 0 Å². The third-order valence-corrected chi connectivity index (χ3v) is 16.3. The van der Waals surface area contributed by atoms with Crippen molar-refractivity contribution in [2.24, 2.45) is 0 Å². The van der Waals surface area contributed by atoms with Crippen LogP contribution in [-0.2, 0) is 17.3 Å². The van der Waals surface area contributed by atoms with Crippen molar-refractivity contribution in [1.82, 2.24) is 4.57 Å². The number of nitrogens with zero attached hydrogens (tertiary/aromatic N) is 1. The van der Waals surface area contributed by atoms with Crippen LogP contribution in [0.2, 0.25) is 0 Å². The Morgan fingerprint density at radius 3 is 1.32 bits per heavy atom. The van der Waals surface area contributed by atoms with Crippen molar-refractivity contribution in [2.75, 3.05) is 0 Å². The van der Waals surface area contributed by atoms with Crippen molar-refractivity contribution in [3.63, 3.8) is 0 Å². The van der Waals surface area contributed by atoms with Crippen molar-refractivity contribution in [1.29, 1.82) is 0 Å². The molecule has 3 heterocycles. The van der Waals surface area contributed by atoms with Crippen LogP contribution < -0.4 is 0 Å². The maximum Gasteiger partial charge on any atom is 0.0582 e. The molecule has 0 bridgehead atoms. The van der Waals surface area contributed by atoms with Crippen LogP contribution in [0.5, 0.6) is 0 Å². The van der Waals surface area contributed by atoms with Crippen LogP contribution in [-0.4, -0.2) is 4.57 Å². The van der Waals surface area contributed by atoms with E-state index in [4.69, 9.17) is 0 Å². The van der Waals surface area contributed by atoms with Gasteiger partial charge in [0.1, 0.15) is 0 Å². The molecule has 10 aromatic carbocycles. The van der Waals surface area contributed by atoms with Gasteiger partial charge in [-0.25, -0.2) is 0 Å². The summed E-state index contributed by atoms with van der Waals surface area (Å²) in [5, 5.41) is 5.20. The first-order valence-electron chi connectivity index (χ1n) is 24.7. The van der Waals surface area contributed by atoms with E-state index in [1.807, 2.05) is 0 Å². The third kappa shape index (κ3) is 5.83. The van der Waals surface area contributed by atoms with Gasteiger partial charge >= 0.3 is 0 Å². The first-order chi connectivity index (χ1) is 33.7. The lowest BCUT2D eigenvalue weighted by Gasteiger charge is -2.42. The van der Waals surface area contributed by atoms with Gasteiger partial charge in [-0.15, -0.1) is 0 Å². The lowest BCUT2D eigenvalue weighted by Crippen LogP contribution is -2.33. The monoisotopic (exact) mass is 881 g/mol. The lowest BCUT2D eigenvalue weighted by atomic mass is 9.68. The number of allylic oxidation sites excluding steroid dienone is 1. The summed E-state index contributed by atoms with van der Waals surface area (Å²) in [6, 6.07) is 77.7. The molecule has 328 valence electrons. The molecule has 0 unspecified atom stereocenters. The number of hydrogen-bond acceptors (Lipinski definition) is 0. The van der Waals surface area contributed by atoms with Gasteiger partial charge in [-0.1, -0.05) is 216 Å². The first kappa shape index (κ1) is 40.1. The van der Waals surface area contributed by atoms with Crippen molar-refractivity contribution < 1.29 is 0 Å². The highest BCUT2D eigenvalue weighted by Crippen LogP contribution is 2.57. The van der Waals surface area contributed by atoms with Crippen LogP contribution in [0.4, 0.5) is 0 Å². The minimum atomic E-state index is -0.205. The topological polar surface area (TPSA) is 4.93 Å². The van der Waals surface area contributed by atoms with E-state index in [2.05, 4.69) is 245 Å². The molecule has 69 heavy (non-hydrogen) atoms. The van der Waals surface area contributed by atoms with E-state index in [-0.39, 0.29) is 10.8 Å². The number of benzene rings is 10. The molecule has 0 amide bonds. The molecule has 2 aliphatic heterocycles. The third-order valence-electron chi connectivity index (χ3n) is 16.3. The van der Waals surface area contributed by atoms with Crippen molar-refractivity contribution in [3.05, 3.63) is 251 Å². The summed E-state index contributed by atoms with van der Waals surface area (Å²) in [6.07, 6.45) is 4.55. The molecule has 11 aromatic rings. The summed E-state index contributed by atoms with van der Waals surface area (Å²) in [6.45, 7) is 9.76. The van der Waals surface area contributed by atoms with Gasteiger partial charge in [-0.3, -0.25) is 0 Å². The Kier molecular flexibility index (Phi) is 8.57. The van der Waals surface area contributed by atoms with Gasteiger partial charge in [0.05, 0.1) is 16.7 Å². The maximum absolute atomic E-state index is 2.65. The number of hydrogen-bond donors (Lipinski definition) is 0. The van der Waals surface area contributed by atoms with E-state index in [0.29, 0.717) is 0 Å². The Hall–Kier alpha value is -8.00. The first-order valence-corrected chi connectivity index (χ1v) is 24.7. The molecular formula is C68H51N. The molecule has 1 aliphatic carbocycles. The van der Waals surface area contributed by atoms with Crippen LogP contribution in [0.15, 0.2) is 212 Å². The van der Waals surface area contributed by atoms with E-state index >= 15 is 0 Å². The lowest BCUT2D eigenvalue weighted by molar-refractivity contribution is 0.594. The molecule has 0 radical (unpaired) electrons. The zero-order valence-electron chi connectivity index (χ0n) is 39.6. The van der Waals surface area contributed by atoms with Crippen molar-refractivity contribution in [2.45, 2.75) is 51.4 Å². The predicted octanol–water partition coefficient (Wildman–Crippen LogP) is 17.9. The Morgan fingerprint density at radius 1 is 0.333 bits per heavy atom. The Balaban J connectivity index is 0.908. The maximum atomic E-state index is 2.65. The van der Waals surface area contributed by atoms with E-state index in [1.165, 1.54) is 138 Å². The molecule has 0 fully saturated rings. The Morgan fingerprint density at radius 2 is 0.768 bits per heavy atom. The molecule has 0 spiro atoms. The van der Waals surface area contributed by atoms with Gasteiger partial charge < -0.3 is 4.57 Å². The van der Waals surface area contributed by atoms with Gasteiger partial charge in [0.2, 0.25) is 0 Å². The molecule has 1 aromatic heterocycles. The Bertz CT molecular complexity index is 3950. The molecule has 0 saturated carbocycles. The second-order valence-corrected chi connectivity index (χ2v) is 20.7. The zero-order chi connectivity index (χ0) is 46.2. The van der Waals surface area contributed by atoms with Gasteiger partial charge in [-0.05, 0) is 148 Å². The van der Waals surface area contributed by atoms with Crippen LogP contribution in [0, 0.1) is 0 Å². The summed E-state index contributed by atoms with van der Waals surface area (Å²) < 4.78 is 2.65. The number of aromatic nitrogens is 1. The molecule has 1 nitrogen and oxygen atoms in total. The van der Waals surface area contributed by atoms with Gasteiger partial charge in [0.25, 0.3) is 0 Å². The van der Waals surface area contributed by atoms with Gasteiger partial charge in [-0.2, -0.15) is 0 Å². The average Bonchev–Trinajstić information content (AvgIpc) is 3.73. The normalized spacial score (nSPS) is 14.9. The second kappa shape index (κ2) is 14.7. The van der Waals surface area contributed by atoms with Crippen molar-refractivity contribution >= 4 is 38.2 Å². The molecule has 3 aliphatic rings. The van der Waals surface area contributed by atoms with E-state index in [9.17, 15) is 0 Å². The summed E-state index contributed by atoms with van der Waals surface area (Å²) in [7, 11) is 0. The predicted molar refractivity (Wildman–Crippen MR) is 292 cm³/mol. The highest BCUT2D eigenvalue weighted by molar-refractivity contribution is 6.16. The van der Waals surface area contributed by atoms with Crippen molar-refractivity contribution in [3.8, 4) is 61.3 Å². The summed E-state index contributed by atoms with van der Waals surface area (Å²) in [4.78, 5) is 0. The zero-order valence-corrected chi connectivity index (χ0v) is 39.6. The molecule has 14 rings (SSSR count). The minimum absolute atomic E-state index is 0.202. The van der Waals surface area contributed by atoms with Gasteiger partial charge in [0, 0.05) is 21.6 Å². The highest BCUT2D eigenvalue weighted by Gasteiger charge is 2.43. The fourth-order valence-electron chi connectivity index (χ4n) is 12.7. The fourth-order valence-corrected chi connectivity index (χ4v) is 12.7. The molecule has 0 atom stereocenters. The van der Waals surface area contributed by atoms with Crippen LogP contribution in [0.25, 0.3) is 99.5 Å². The van der Waals surface area contributed by atoms with Crippen LogP contribution in [0.1, 0.15) is 73.1 Å². The fraction of sp³-hybridized carbons (Fsp3) is 0.118. The SMILES string of the molecule is CC1(C)c2cccc3c2-n2c4c1cc(-c1ccc(C5=CCCc6c5cccc6-c5ccccc5)cc1)cc4c1cc(-c4ccc(-c5cccc6c(-c7ccccc7)cccc56)cc4)cc(c12)C3(C)C. The summed E-state index contributed by atoms with van der Waals surface area (Å²) >= 11 is 0. The second-order valence-electron chi connectivity index (χ2n) is 20.7. The standard InChI is InChI=1S/C68H51N/c1-67(2)60-28-15-29-61-66(60)69-64-58(38-48(40-62(64)67)42-30-34-46(35-31-42)52-22-13-24-54-50(20-11-26-56(52)54)44-16-7-5-8-17-44)59-39-49(41-63(65(59)69)68(61,3)4)43-32-36-47(37-33-43)53-23-14-25-55-51(21-12-27-57(53)55)45-18-9-6-10-19-45/h5-13,15-24,26-41H,14,25H2,1-4H3. The van der Waals surface area contributed by atoms with E-state index < -0.39 is 0 Å². The minimum Gasteiger partial charge on any atom is -0.308 e. The van der Waals surface area contributed by atoms with Crippen LogP contribution >= 0.6 is 0 Å². The molecular weight excluding hydrogens is 831 g/mol. The molecule has 1 heteroatoms. The Labute approximate surface area is 404 Å². The van der Waals surface area contributed by atoms with E-state index in [1.54, 1.807) is 0 Å². The summed E-state index contributed by atoms with van der Waals surface area (Å²) in [5.74, 6) is 0. The highest BCUT2D eigenvalue weighted by atomic mass is 15.0. The largest absolute Gasteiger partial charge is 0.308 e. The number of para-hydroxylation sites is 1. The number of fused-ring (bicyclic) bond motifs is 3. The van der Waals surface area contributed by atoms with Crippen LogP contribution in [0.3, 0.4) is 0 Å². The quantitative estimate of drug-likeness (QED) is 0.157. The van der Waals surface area contributed by atoms with E-state index in [0.717, 1.165) is 12.8 Å². The number of rotatable bonds is 6. The average molecular weight is 882 g/mol. The molecule has 0 N–H and O–H groups in total. The smallest absolute Gasteiger partial charge is 0.0582 e. The molecule has 0 saturated heterocycles.